The Labute approximate surface area is 183 Å². The predicted octanol–water partition coefficient (Wildman–Crippen LogP) is 4.14. The molecule has 0 spiro atoms. The number of imidazole rings is 2. The van der Waals surface area contributed by atoms with E-state index in [4.69, 9.17) is 14.5 Å². The Balaban J connectivity index is 1.38. The second-order valence-electron chi connectivity index (χ2n) is 8.48. The normalized spacial score (nSPS) is 21.6. The zero-order valence-electron chi connectivity index (χ0n) is 18.0. The molecule has 1 unspecified atom stereocenters. The first-order chi connectivity index (χ1) is 15.6. The van der Waals surface area contributed by atoms with Crippen molar-refractivity contribution in [3.8, 4) is 5.75 Å². The summed E-state index contributed by atoms with van der Waals surface area (Å²) >= 11 is 0. The number of halogens is 1. The molecule has 0 amide bonds. The molecule has 2 aliphatic heterocycles. The van der Waals surface area contributed by atoms with Crippen LogP contribution in [0.5, 0.6) is 5.75 Å². The summed E-state index contributed by atoms with van der Waals surface area (Å²) < 4.78 is 29.9. The lowest BCUT2D eigenvalue weighted by molar-refractivity contribution is -0.0298. The number of nitrogens with zero attached hydrogens (tertiary/aromatic N) is 6. The van der Waals surface area contributed by atoms with Crippen molar-refractivity contribution in [1.82, 2.24) is 29.1 Å². The molecule has 1 fully saturated rings. The van der Waals surface area contributed by atoms with Crippen LogP contribution in [0.25, 0.3) is 22.2 Å². The number of anilines is 1. The summed E-state index contributed by atoms with van der Waals surface area (Å²) in [7, 11) is 0. The fraction of sp³-hybridized carbons (Fsp3) is 0.455. The van der Waals surface area contributed by atoms with Gasteiger partial charge in [0.25, 0.3) is 0 Å². The minimum absolute atomic E-state index is 0.0293. The molecule has 0 saturated carbocycles. The molecular formula is C22H24FN7O2. The minimum Gasteiger partial charge on any atom is -0.486 e. The molecule has 0 bridgehead atoms. The van der Waals surface area contributed by atoms with Crippen LogP contribution in [-0.2, 0) is 4.74 Å². The molecule has 5 heterocycles. The van der Waals surface area contributed by atoms with E-state index >= 15 is 0 Å². The molecule has 0 radical (unpaired) electrons. The molecule has 4 aromatic rings. The van der Waals surface area contributed by atoms with Crippen LogP contribution in [0.4, 0.5) is 10.2 Å². The Morgan fingerprint density at radius 2 is 2.12 bits per heavy atom. The maximum absolute atomic E-state index is 14.3. The van der Waals surface area contributed by atoms with Crippen molar-refractivity contribution >= 4 is 28.0 Å². The summed E-state index contributed by atoms with van der Waals surface area (Å²) in [5.74, 6) is 1.32. The molecule has 0 aliphatic carbocycles. The van der Waals surface area contributed by atoms with Crippen LogP contribution in [0.2, 0.25) is 0 Å². The third kappa shape index (κ3) is 2.93. The molecule has 2 aliphatic rings. The Bertz CT molecular complexity index is 1310. The quantitative estimate of drug-likeness (QED) is 0.513. The average Bonchev–Trinajstić information content (AvgIpc) is 3.42. The Hall–Kier alpha value is -3.27. The molecule has 3 aromatic heterocycles. The van der Waals surface area contributed by atoms with Gasteiger partial charge in [0, 0.05) is 6.61 Å². The average molecular weight is 437 g/mol. The Morgan fingerprint density at radius 1 is 1.22 bits per heavy atom. The van der Waals surface area contributed by atoms with E-state index in [9.17, 15) is 4.39 Å². The molecule has 1 N–H and O–H groups in total. The number of rotatable bonds is 4. The lowest BCUT2D eigenvalue weighted by atomic mass is 10.2. The predicted molar refractivity (Wildman–Crippen MR) is 116 cm³/mol. The van der Waals surface area contributed by atoms with Gasteiger partial charge in [0.2, 0.25) is 0 Å². The zero-order valence-corrected chi connectivity index (χ0v) is 18.0. The summed E-state index contributed by atoms with van der Waals surface area (Å²) in [6.07, 6.45) is 6.40. The van der Waals surface area contributed by atoms with Gasteiger partial charge in [0.05, 0.1) is 23.9 Å². The van der Waals surface area contributed by atoms with Crippen LogP contribution < -0.4 is 10.1 Å². The van der Waals surface area contributed by atoms with Crippen molar-refractivity contribution in [2.45, 2.75) is 51.4 Å². The number of fused-ring (bicyclic) bond motifs is 1. The van der Waals surface area contributed by atoms with Crippen molar-refractivity contribution in [2.24, 2.45) is 0 Å². The SMILES string of the molecule is CC(Nc1ncnc2c1ncn2[C@@H]1CCCCO1)c1nc2ccc(F)c3c2n1[C@@H](C)CO3. The van der Waals surface area contributed by atoms with E-state index in [1.807, 2.05) is 18.4 Å². The van der Waals surface area contributed by atoms with Crippen molar-refractivity contribution in [2.75, 3.05) is 18.5 Å². The lowest BCUT2D eigenvalue weighted by Gasteiger charge is -2.26. The van der Waals surface area contributed by atoms with E-state index in [2.05, 4.69) is 24.8 Å². The van der Waals surface area contributed by atoms with Gasteiger partial charge in [-0.1, -0.05) is 0 Å². The van der Waals surface area contributed by atoms with Gasteiger partial charge in [0.15, 0.2) is 28.5 Å². The molecule has 9 nitrogen and oxygen atoms in total. The van der Waals surface area contributed by atoms with Gasteiger partial charge < -0.3 is 19.4 Å². The number of hydrogen-bond acceptors (Lipinski definition) is 7. The van der Waals surface area contributed by atoms with Crippen molar-refractivity contribution in [1.29, 1.82) is 0 Å². The second kappa shape index (κ2) is 7.40. The van der Waals surface area contributed by atoms with Crippen molar-refractivity contribution in [3.05, 3.63) is 36.4 Å². The molecule has 1 saturated heterocycles. The zero-order chi connectivity index (χ0) is 21.8. The summed E-state index contributed by atoms with van der Waals surface area (Å²) in [6.45, 7) is 5.19. The van der Waals surface area contributed by atoms with E-state index in [1.54, 1.807) is 12.4 Å². The van der Waals surface area contributed by atoms with Gasteiger partial charge in [-0.15, -0.1) is 0 Å². The van der Waals surface area contributed by atoms with E-state index in [0.717, 1.165) is 37.3 Å². The van der Waals surface area contributed by atoms with Crippen molar-refractivity contribution < 1.29 is 13.9 Å². The van der Waals surface area contributed by atoms with E-state index in [1.165, 1.54) is 12.4 Å². The van der Waals surface area contributed by atoms with Crippen LogP contribution in [0.15, 0.2) is 24.8 Å². The summed E-state index contributed by atoms with van der Waals surface area (Å²) in [5.41, 5.74) is 2.83. The highest BCUT2D eigenvalue weighted by Crippen LogP contribution is 2.38. The van der Waals surface area contributed by atoms with Crippen LogP contribution in [0.1, 0.15) is 57.2 Å². The van der Waals surface area contributed by atoms with Gasteiger partial charge in [-0.25, -0.2) is 24.3 Å². The van der Waals surface area contributed by atoms with Crippen LogP contribution in [0.3, 0.4) is 0 Å². The van der Waals surface area contributed by atoms with Gasteiger partial charge in [-0.3, -0.25) is 4.57 Å². The standard InChI is InChI=1S/C22H24FN7O2/c1-12-9-32-19-14(23)6-7-15-18(19)30(12)21(28-15)13(2)27-20-17-22(25-10-24-20)29(11-26-17)16-5-3-4-8-31-16/h6-7,10-13,16H,3-5,8-9H2,1-2H3,(H,24,25,27)/t12-,13?,16-/m0/s1. The first-order valence-electron chi connectivity index (χ1n) is 11.0. The molecule has 1 aromatic carbocycles. The number of benzene rings is 1. The smallest absolute Gasteiger partial charge is 0.180 e. The third-order valence-corrected chi connectivity index (χ3v) is 6.26. The van der Waals surface area contributed by atoms with Crippen LogP contribution >= 0.6 is 0 Å². The highest BCUT2D eigenvalue weighted by molar-refractivity contribution is 5.85. The van der Waals surface area contributed by atoms with Gasteiger partial charge in [-0.2, -0.15) is 0 Å². The minimum atomic E-state index is -0.370. The molecule has 166 valence electrons. The highest BCUT2D eigenvalue weighted by atomic mass is 19.1. The maximum atomic E-state index is 14.3. The van der Waals surface area contributed by atoms with E-state index in [-0.39, 0.29) is 29.9 Å². The highest BCUT2D eigenvalue weighted by Gasteiger charge is 2.29. The number of aromatic nitrogens is 6. The maximum Gasteiger partial charge on any atom is 0.180 e. The van der Waals surface area contributed by atoms with Gasteiger partial charge in [-0.05, 0) is 45.2 Å². The summed E-state index contributed by atoms with van der Waals surface area (Å²) in [4.78, 5) is 18.3. The molecular weight excluding hydrogens is 413 g/mol. The number of nitrogens with one attached hydrogen (secondary N) is 1. The molecule has 10 heteroatoms. The Morgan fingerprint density at radius 3 is 2.97 bits per heavy atom. The fourth-order valence-electron chi connectivity index (χ4n) is 4.70. The second-order valence-corrected chi connectivity index (χ2v) is 8.48. The van der Waals surface area contributed by atoms with Gasteiger partial charge in [0.1, 0.15) is 30.5 Å². The monoisotopic (exact) mass is 437 g/mol. The Kier molecular flexibility index (Phi) is 4.49. The number of ether oxygens (including phenoxy) is 2. The fourth-order valence-corrected chi connectivity index (χ4v) is 4.70. The first kappa shape index (κ1) is 19.4. The lowest BCUT2D eigenvalue weighted by Crippen LogP contribution is -2.24. The molecule has 3 atom stereocenters. The van der Waals surface area contributed by atoms with Crippen LogP contribution in [-0.4, -0.2) is 42.3 Å². The topological polar surface area (TPSA) is 91.9 Å². The molecule has 6 rings (SSSR count). The summed E-state index contributed by atoms with van der Waals surface area (Å²) in [6, 6.07) is 2.92. The van der Waals surface area contributed by atoms with E-state index in [0.29, 0.717) is 29.0 Å². The number of hydrogen-bond donors (Lipinski definition) is 1. The van der Waals surface area contributed by atoms with Crippen LogP contribution in [0, 0.1) is 5.82 Å². The first-order valence-corrected chi connectivity index (χ1v) is 11.0. The third-order valence-electron chi connectivity index (χ3n) is 6.26. The summed E-state index contributed by atoms with van der Waals surface area (Å²) in [5, 5.41) is 3.45. The molecule has 32 heavy (non-hydrogen) atoms. The largest absolute Gasteiger partial charge is 0.486 e. The van der Waals surface area contributed by atoms with E-state index < -0.39 is 0 Å². The van der Waals surface area contributed by atoms with Gasteiger partial charge >= 0.3 is 0 Å². The van der Waals surface area contributed by atoms with Crippen molar-refractivity contribution in [3.63, 3.8) is 0 Å².